The molecule has 1 aromatic carbocycles. The number of nitrogens with two attached hydrogens (primary N) is 1. The average Bonchev–Trinajstić information content (AvgIpc) is 2.88. The molecule has 102 valence electrons. The predicted octanol–water partition coefficient (Wildman–Crippen LogP) is 1.57. The summed E-state index contributed by atoms with van der Waals surface area (Å²) < 4.78 is 0. The molecule has 0 radical (unpaired) electrons. The molecule has 0 atom stereocenters. The number of hydrogen-bond acceptors (Lipinski definition) is 4. The second kappa shape index (κ2) is 4.96. The van der Waals surface area contributed by atoms with Crippen molar-refractivity contribution in [2.45, 2.75) is 0 Å². The first-order valence-electron chi connectivity index (χ1n) is 5.91. The fraction of sp³-hybridized carbons (Fsp3) is 0.154. The molecule has 0 unspecified atom stereocenters. The lowest BCUT2D eigenvalue weighted by atomic mass is 10.1. The smallest absolute Gasteiger partial charge is 0.287 e. The number of nitrogens with zero attached hydrogens (tertiary/aromatic N) is 2. The molecule has 0 fully saturated rings. The molecule has 5 nitrogen and oxygen atoms in total. The van der Waals surface area contributed by atoms with Gasteiger partial charge in [-0.1, -0.05) is 18.2 Å². The fourth-order valence-corrected chi connectivity index (χ4v) is 3.22. The van der Waals surface area contributed by atoms with Crippen LogP contribution in [0.4, 0.5) is 5.69 Å². The Labute approximate surface area is 124 Å². The minimum Gasteiger partial charge on any atom is -0.378 e. The van der Waals surface area contributed by atoms with E-state index in [1.807, 2.05) is 24.3 Å². The molecule has 20 heavy (non-hydrogen) atoms. The van der Waals surface area contributed by atoms with Gasteiger partial charge in [0.1, 0.15) is 0 Å². The highest BCUT2D eigenvalue weighted by atomic mass is 35.5. The van der Waals surface area contributed by atoms with Crippen LogP contribution in [0, 0.1) is 0 Å². The predicted molar refractivity (Wildman–Crippen MR) is 80.7 cm³/mol. The fourth-order valence-electron chi connectivity index (χ4n) is 2.29. The number of alkyl halides is 1. The number of carbonyl (C=O) groups is 2. The van der Waals surface area contributed by atoms with E-state index in [0.717, 1.165) is 23.0 Å². The van der Waals surface area contributed by atoms with E-state index in [-0.39, 0.29) is 16.0 Å². The van der Waals surface area contributed by atoms with E-state index in [9.17, 15) is 9.59 Å². The highest BCUT2D eigenvalue weighted by molar-refractivity contribution is 8.18. The zero-order chi connectivity index (χ0) is 14.3. The van der Waals surface area contributed by atoms with Gasteiger partial charge in [-0.25, -0.2) is 0 Å². The number of hydrogen-bond donors (Lipinski definition) is 1. The number of carbonyl (C=O) groups excluding carboxylic acids is 2. The van der Waals surface area contributed by atoms with Crippen molar-refractivity contribution in [3.8, 4) is 0 Å². The Hall–Kier alpha value is -1.79. The van der Waals surface area contributed by atoms with Gasteiger partial charge in [0.05, 0.1) is 16.2 Å². The Kier molecular flexibility index (Phi) is 3.27. The van der Waals surface area contributed by atoms with Crippen molar-refractivity contribution in [3.63, 3.8) is 0 Å². The van der Waals surface area contributed by atoms with E-state index in [1.165, 1.54) is 0 Å². The number of amides is 2. The van der Waals surface area contributed by atoms with E-state index in [4.69, 9.17) is 17.3 Å². The number of benzene rings is 1. The van der Waals surface area contributed by atoms with Gasteiger partial charge in [0, 0.05) is 18.0 Å². The molecule has 0 aromatic heterocycles. The molecular weight excluding hydrogens is 298 g/mol. The highest BCUT2D eigenvalue weighted by Crippen LogP contribution is 2.42. The third-order valence-corrected chi connectivity index (χ3v) is 4.12. The summed E-state index contributed by atoms with van der Waals surface area (Å²) in [5.74, 6) is -0.367. The molecule has 0 bridgehead atoms. The molecule has 0 spiro atoms. The van der Waals surface area contributed by atoms with Crippen molar-refractivity contribution >= 4 is 51.6 Å². The first kappa shape index (κ1) is 13.2. The first-order valence-corrected chi connectivity index (χ1v) is 7.26. The molecule has 0 saturated carbocycles. The summed E-state index contributed by atoms with van der Waals surface area (Å²) in [6.45, 7) is 0.392. The Morgan fingerprint density at radius 3 is 2.70 bits per heavy atom. The molecule has 0 saturated heterocycles. The molecule has 2 aliphatic heterocycles. The van der Waals surface area contributed by atoms with Crippen molar-refractivity contribution < 1.29 is 9.59 Å². The quantitative estimate of drug-likeness (QED) is 0.665. The maximum Gasteiger partial charge on any atom is 0.287 e. The third kappa shape index (κ3) is 1.92. The normalized spacial score (nSPS) is 21.4. The van der Waals surface area contributed by atoms with Crippen LogP contribution < -0.4 is 10.6 Å². The van der Waals surface area contributed by atoms with Gasteiger partial charge < -0.3 is 10.6 Å². The van der Waals surface area contributed by atoms with Gasteiger partial charge in [0.15, 0.2) is 5.17 Å². The van der Waals surface area contributed by atoms with Gasteiger partial charge in [0.2, 0.25) is 0 Å². The lowest BCUT2D eigenvalue weighted by Crippen LogP contribution is -2.28. The van der Waals surface area contributed by atoms with Gasteiger partial charge in [-0.2, -0.15) is 4.99 Å². The number of halogens is 1. The van der Waals surface area contributed by atoms with Crippen LogP contribution in [-0.2, 0) is 9.59 Å². The Balaban J connectivity index is 2.17. The van der Waals surface area contributed by atoms with Crippen molar-refractivity contribution in [1.82, 2.24) is 0 Å². The zero-order valence-corrected chi connectivity index (χ0v) is 11.9. The molecule has 3 rings (SSSR count). The summed E-state index contributed by atoms with van der Waals surface area (Å²) in [7, 11) is 0. The molecule has 2 aliphatic rings. The van der Waals surface area contributed by atoms with Crippen LogP contribution >= 0.6 is 23.4 Å². The van der Waals surface area contributed by atoms with Gasteiger partial charge in [-0.15, -0.1) is 11.6 Å². The molecule has 0 aliphatic carbocycles. The van der Waals surface area contributed by atoms with Crippen LogP contribution in [0.5, 0.6) is 0 Å². The van der Waals surface area contributed by atoms with Crippen molar-refractivity contribution in [3.05, 3.63) is 34.7 Å². The van der Waals surface area contributed by atoms with E-state index < -0.39 is 5.91 Å². The molecule has 1 aromatic rings. The van der Waals surface area contributed by atoms with Crippen LogP contribution in [0.3, 0.4) is 0 Å². The lowest BCUT2D eigenvalue weighted by molar-refractivity contribution is -0.115. The third-order valence-electron chi connectivity index (χ3n) is 3.07. The summed E-state index contributed by atoms with van der Waals surface area (Å²) in [5, 5.41) is 0.165. The minimum atomic E-state index is -0.460. The number of amidine groups is 1. The van der Waals surface area contributed by atoms with Gasteiger partial charge in [-0.3, -0.25) is 9.59 Å². The first-order chi connectivity index (χ1) is 9.63. The Morgan fingerprint density at radius 1 is 1.30 bits per heavy atom. The summed E-state index contributed by atoms with van der Waals surface area (Å²) >= 11 is 6.78. The Bertz CT molecular complexity index is 684. The molecule has 7 heteroatoms. The van der Waals surface area contributed by atoms with Crippen molar-refractivity contribution in [2.75, 3.05) is 17.3 Å². The van der Waals surface area contributed by atoms with Crippen LogP contribution in [0.1, 0.15) is 5.56 Å². The number of para-hydroxylation sites is 1. The zero-order valence-electron chi connectivity index (χ0n) is 10.3. The van der Waals surface area contributed by atoms with Gasteiger partial charge in [-0.05, 0) is 17.8 Å². The maximum atomic E-state index is 12.5. The van der Waals surface area contributed by atoms with E-state index in [2.05, 4.69) is 4.99 Å². The number of aliphatic imine (C=N–C) groups is 1. The van der Waals surface area contributed by atoms with E-state index >= 15 is 0 Å². The summed E-state index contributed by atoms with van der Waals surface area (Å²) in [6.07, 6.45) is 0. The number of anilines is 1. The summed E-state index contributed by atoms with van der Waals surface area (Å²) in [6, 6.07) is 7.31. The summed E-state index contributed by atoms with van der Waals surface area (Å²) in [4.78, 5) is 29.9. The SMILES string of the molecule is NC1=NC(=O)C(=C2C(=O)N(CCCl)c3ccccc32)S1. The van der Waals surface area contributed by atoms with Crippen LogP contribution in [0.2, 0.25) is 0 Å². The largest absolute Gasteiger partial charge is 0.378 e. The number of fused-ring (bicyclic) bond motifs is 1. The monoisotopic (exact) mass is 307 g/mol. The van der Waals surface area contributed by atoms with Crippen LogP contribution in [0.25, 0.3) is 5.57 Å². The molecule has 2 N–H and O–H groups in total. The number of thioether (sulfide) groups is 1. The Morgan fingerprint density at radius 2 is 2.05 bits per heavy atom. The van der Waals surface area contributed by atoms with Gasteiger partial charge >= 0.3 is 0 Å². The highest BCUT2D eigenvalue weighted by Gasteiger charge is 2.37. The molecule has 2 heterocycles. The van der Waals surface area contributed by atoms with Crippen LogP contribution in [-0.4, -0.2) is 29.4 Å². The average molecular weight is 308 g/mol. The standard InChI is InChI=1S/C13H10ClN3O2S/c14-5-6-17-8-4-2-1-3-7(8)9(12(17)19)10-11(18)16-13(15)20-10/h1-4H,5-6H2,(H2,15,16,18). The molecular formula is C13H10ClN3O2S. The topological polar surface area (TPSA) is 75.8 Å². The lowest BCUT2D eigenvalue weighted by Gasteiger charge is -2.14. The van der Waals surface area contributed by atoms with Crippen molar-refractivity contribution in [2.24, 2.45) is 10.7 Å². The second-order valence-electron chi connectivity index (χ2n) is 4.22. The molecule has 2 amide bonds. The van der Waals surface area contributed by atoms with E-state index in [1.54, 1.807) is 4.90 Å². The van der Waals surface area contributed by atoms with Gasteiger partial charge in [0.25, 0.3) is 11.8 Å². The maximum absolute atomic E-state index is 12.5. The number of rotatable bonds is 2. The van der Waals surface area contributed by atoms with Crippen LogP contribution in [0.15, 0.2) is 34.2 Å². The minimum absolute atomic E-state index is 0.165. The van der Waals surface area contributed by atoms with E-state index in [0.29, 0.717) is 18.0 Å². The second-order valence-corrected chi connectivity index (χ2v) is 5.63. The summed E-state index contributed by atoms with van der Waals surface area (Å²) in [5.41, 5.74) is 7.41. The van der Waals surface area contributed by atoms with Crippen molar-refractivity contribution in [1.29, 1.82) is 0 Å².